The zero-order chi connectivity index (χ0) is 16.2. The fraction of sp³-hybridized carbons (Fsp3) is 0.714. The minimum atomic E-state index is -0.308. The van der Waals surface area contributed by atoms with E-state index in [1.54, 1.807) is 0 Å². The lowest BCUT2D eigenvalue weighted by Gasteiger charge is -2.38. The average Bonchev–Trinajstić information content (AvgIpc) is 2.58. The molecule has 0 aromatic heterocycles. The molecule has 0 heterocycles. The van der Waals surface area contributed by atoms with Gasteiger partial charge < -0.3 is 0 Å². The normalized spacial score (nSPS) is 32.0. The van der Waals surface area contributed by atoms with Crippen LogP contribution in [0.2, 0.25) is 0 Å². The van der Waals surface area contributed by atoms with Crippen molar-refractivity contribution in [1.82, 2.24) is 0 Å². The fourth-order valence-electron chi connectivity index (χ4n) is 5.09. The van der Waals surface area contributed by atoms with Crippen molar-refractivity contribution in [3.63, 3.8) is 0 Å². The van der Waals surface area contributed by atoms with Gasteiger partial charge in [0, 0.05) is 0 Å². The van der Waals surface area contributed by atoms with Gasteiger partial charge in [0.1, 0.15) is 11.6 Å². The van der Waals surface area contributed by atoms with E-state index >= 15 is 0 Å². The molecule has 2 aliphatic rings. The molecule has 0 saturated heterocycles. The third kappa shape index (κ3) is 4.14. The van der Waals surface area contributed by atoms with Gasteiger partial charge in [-0.1, -0.05) is 32.6 Å². The third-order valence-electron chi connectivity index (χ3n) is 6.42. The molecule has 3 rings (SSSR count). The molecule has 0 aliphatic heterocycles. The Balaban J connectivity index is 1.52. The van der Waals surface area contributed by atoms with Gasteiger partial charge in [0.25, 0.3) is 0 Å². The Morgan fingerprint density at radius 3 is 2.09 bits per heavy atom. The maximum Gasteiger partial charge on any atom is 0.126 e. The number of hydrogen-bond donors (Lipinski definition) is 0. The lowest BCUT2D eigenvalue weighted by atomic mass is 9.68. The molecule has 2 heteroatoms. The molecule has 0 nitrogen and oxygen atoms in total. The van der Waals surface area contributed by atoms with Crippen LogP contribution in [0.1, 0.15) is 82.6 Å². The minimum absolute atomic E-state index is 0.221. The Kier molecular flexibility index (Phi) is 5.71. The predicted molar refractivity (Wildman–Crippen MR) is 91.4 cm³/mol. The molecule has 128 valence electrons. The van der Waals surface area contributed by atoms with Gasteiger partial charge in [-0.15, -0.1) is 0 Å². The Bertz CT molecular complexity index is 495. The average molecular weight is 320 g/mol. The van der Waals surface area contributed by atoms with E-state index in [1.807, 2.05) is 0 Å². The molecule has 2 fully saturated rings. The minimum Gasteiger partial charge on any atom is -0.207 e. The van der Waals surface area contributed by atoms with Crippen molar-refractivity contribution in [3.8, 4) is 0 Å². The second-order valence-electron chi connectivity index (χ2n) is 7.85. The lowest BCUT2D eigenvalue weighted by molar-refractivity contribution is 0.156. The summed E-state index contributed by atoms with van der Waals surface area (Å²) in [4.78, 5) is 0. The summed E-state index contributed by atoms with van der Waals surface area (Å²) in [7, 11) is 0. The molecular weight excluding hydrogens is 290 g/mol. The molecule has 2 aliphatic carbocycles. The van der Waals surface area contributed by atoms with Crippen LogP contribution in [0.4, 0.5) is 8.78 Å². The van der Waals surface area contributed by atoms with Crippen LogP contribution in [-0.2, 0) is 0 Å². The highest BCUT2D eigenvalue weighted by atomic mass is 19.1. The zero-order valence-electron chi connectivity index (χ0n) is 14.4. The van der Waals surface area contributed by atoms with Gasteiger partial charge in [-0.25, -0.2) is 8.78 Å². The van der Waals surface area contributed by atoms with Crippen molar-refractivity contribution in [1.29, 1.82) is 0 Å². The smallest absolute Gasteiger partial charge is 0.126 e. The number of benzene rings is 1. The highest BCUT2D eigenvalue weighted by Crippen LogP contribution is 2.44. The molecule has 0 N–H and O–H groups in total. The molecule has 0 atom stereocenters. The van der Waals surface area contributed by atoms with E-state index in [4.69, 9.17) is 0 Å². The van der Waals surface area contributed by atoms with Crippen LogP contribution >= 0.6 is 0 Å². The first-order valence-electron chi connectivity index (χ1n) is 9.62. The number of halogens is 2. The van der Waals surface area contributed by atoms with Crippen LogP contribution in [0.3, 0.4) is 0 Å². The molecule has 0 bridgehead atoms. The highest BCUT2D eigenvalue weighted by Gasteiger charge is 2.31. The van der Waals surface area contributed by atoms with Gasteiger partial charge in [-0.2, -0.15) is 0 Å². The van der Waals surface area contributed by atoms with Crippen molar-refractivity contribution in [2.75, 3.05) is 0 Å². The summed E-state index contributed by atoms with van der Waals surface area (Å²) in [5.41, 5.74) is 0.607. The van der Waals surface area contributed by atoms with E-state index in [0.717, 1.165) is 30.6 Å². The van der Waals surface area contributed by atoms with Crippen molar-refractivity contribution >= 4 is 0 Å². The van der Waals surface area contributed by atoms with Crippen LogP contribution in [0, 0.1) is 29.4 Å². The monoisotopic (exact) mass is 320 g/mol. The second kappa shape index (κ2) is 7.77. The topological polar surface area (TPSA) is 0 Å². The van der Waals surface area contributed by atoms with Crippen molar-refractivity contribution in [3.05, 3.63) is 35.4 Å². The van der Waals surface area contributed by atoms with Crippen LogP contribution in [0.15, 0.2) is 18.2 Å². The van der Waals surface area contributed by atoms with Crippen LogP contribution in [0.5, 0.6) is 0 Å². The molecule has 1 aromatic carbocycles. The second-order valence-corrected chi connectivity index (χ2v) is 7.85. The summed E-state index contributed by atoms with van der Waals surface area (Å²) in [5, 5.41) is 0. The fourth-order valence-corrected chi connectivity index (χ4v) is 5.09. The van der Waals surface area contributed by atoms with Crippen molar-refractivity contribution in [2.45, 2.75) is 77.0 Å². The summed E-state index contributed by atoms with van der Waals surface area (Å²) >= 11 is 0. The first kappa shape index (κ1) is 16.9. The summed E-state index contributed by atoms with van der Waals surface area (Å²) in [6, 6.07) is 3.92. The van der Waals surface area contributed by atoms with E-state index in [0.29, 0.717) is 5.56 Å². The van der Waals surface area contributed by atoms with Crippen molar-refractivity contribution < 1.29 is 8.78 Å². The lowest BCUT2D eigenvalue weighted by Crippen LogP contribution is -2.25. The Morgan fingerprint density at radius 1 is 0.870 bits per heavy atom. The number of rotatable bonds is 4. The molecule has 0 unspecified atom stereocenters. The first-order valence-corrected chi connectivity index (χ1v) is 9.62. The predicted octanol–water partition coefficient (Wildman–Crippen LogP) is 6.85. The molecular formula is C21H30F2. The molecule has 0 spiro atoms. The zero-order valence-corrected chi connectivity index (χ0v) is 14.4. The van der Waals surface area contributed by atoms with E-state index in [1.165, 1.54) is 69.6 Å². The Morgan fingerprint density at radius 2 is 1.48 bits per heavy atom. The highest BCUT2D eigenvalue weighted by molar-refractivity contribution is 5.23. The van der Waals surface area contributed by atoms with Crippen LogP contribution in [0.25, 0.3) is 0 Å². The first-order chi connectivity index (χ1) is 11.2. The van der Waals surface area contributed by atoms with Gasteiger partial charge in [-0.05, 0) is 86.0 Å². The van der Waals surface area contributed by atoms with E-state index in [2.05, 4.69) is 6.92 Å². The summed E-state index contributed by atoms with van der Waals surface area (Å²) in [5.74, 6) is 2.37. The van der Waals surface area contributed by atoms with Gasteiger partial charge in [-0.3, -0.25) is 0 Å². The molecule has 1 aromatic rings. The van der Waals surface area contributed by atoms with E-state index in [-0.39, 0.29) is 17.6 Å². The van der Waals surface area contributed by atoms with Gasteiger partial charge in [0.05, 0.1) is 0 Å². The molecule has 23 heavy (non-hydrogen) atoms. The van der Waals surface area contributed by atoms with Crippen LogP contribution < -0.4 is 0 Å². The molecule has 0 radical (unpaired) electrons. The van der Waals surface area contributed by atoms with Gasteiger partial charge in [0.15, 0.2) is 0 Å². The maximum absolute atomic E-state index is 14.0. The summed E-state index contributed by atoms with van der Waals surface area (Å²) in [6.07, 6.45) is 12.8. The van der Waals surface area contributed by atoms with Crippen LogP contribution in [-0.4, -0.2) is 0 Å². The van der Waals surface area contributed by atoms with Crippen molar-refractivity contribution in [2.24, 2.45) is 17.8 Å². The molecule has 0 amide bonds. The third-order valence-corrected chi connectivity index (χ3v) is 6.42. The quantitative estimate of drug-likeness (QED) is 0.569. The summed E-state index contributed by atoms with van der Waals surface area (Å²) < 4.78 is 27.4. The van der Waals surface area contributed by atoms with Gasteiger partial charge >= 0.3 is 0 Å². The van der Waals surface area contributed by atoms with E-state index < -0.39 is 0 Å². The Labute approximate surface area is 139 Å². The van der Waals surface area contributed by atoms with E-state index in [9.17, 15) is 8.78 Å². The largest absolute Gasteiger partial charge is 0.207 e. The standard InChI is InChI=1S/C21H30F2/c1-2-3-15-4-6-16(7-5-15)17-8-10-18(11-9-17)20-14-19(22)12-13-21(20)23/h12-18H,2-11H2,1H3/t15-,16-,17-,18-. The van der Waals surface area contributed by atoms with Gasteiger partial charge in [0.2, 0.25) is 0 Å². The Hall–Kier alpha value is -0.920. The number of hydrogen-bond acceptors (Lipinski definition) is 0. The molecule has 2 saturated carbocycles. The maximum atomic E-state index is 14.0. The summed E-state index contributed by atoms with van der Waals surface area (Å²) in [6.45, 7) is 2.29. The SMILES string of the molecule is CCC[C@H]1CC[C@H]([C@H]2CC[C@H](c3cc(F)ccc3F)CC2)CC1.